The Balaban J connectivity index is 2.66. The van der Waals surface area contributed by atoms with Crippen LogP contribution in [0.2, 0.25) is 0 Å². The smallest absolute Gasteiger partial charge is 0.253 e. The monoisotopic (exact) mass is 467 g/mol. The van der Waals surface area contributed by atoms with Gasteiger partial charge in [0.1, 0.15) is 0 Å². The molecule has 0 radical (unpaired) electrons. The van der Waals surface area contributed by atoms with Gasteiger partial charge in [0, 0.05) is 45.6 Å². The number of hydrogen-bond acceptors (Lipinski definition) is 7. The van der Waals surface area contributed by atoms with Gasteiger partial charge in [0.2, 0.25) is 11.8 Å². The Morgan fingerprint density at radius 2 is 1.26 bits per heavy atom. The van der Waals surface area contributed by atoms with Crippen molar-refractivity contribution in [2.45, 2.75) is 27.2 Å². The molecule has 0 saturated carbocycles. The number of carbonyl (C=O) groups is 5. The fraction of sp³-hybridized carbons (Fsp3) is 0.476. The van der Waals surface area contributed by atoms with Crippen molar-refractivity contribution >= 4 is 51.5 Å². The molecule has 0 aliphatic rings. The van der Waals surface area contributed by atoms with Gasteiger partial charge in [-0.25, -0.2) is 0 Å². The van der Waals surface area contributed by atoms with Gasteiger partial charge in [0.25, 0.3) is 5.91 Å². The summed E-state index contributed by atoms with van der Waals surface area (Å²) in [6, 6.07) is 7.32. The van der Waals surface area contributed by atoms with E-state index in [2.05, 4.69) is 10.6 Å². The first-order valence-corrected chi connectivity index (χ1v) is 11.9. The van der Waals surface area contributed by atoms with Crippen molar-refractivity contribution in [3.63, 3.8) is 0 Å². The van der Waals surface area contributed by atoms with Gasteiger partial charge in [0.15, 0.2) is 10.2 Å². The van der Waals surface area contributed by atoms with Crippen molar-refractivity contribution in [3.05, 3.63) is 35.4 Å². The minimum atomic E-state index is -0.283. The molecule has 1 aromatic carbocycles. The van der Waals surface area contributed by atoms with Crippen molar-refractivity contribution in [1.82, 2.24) is 15.5 Å². The van der Waals surface area contributed by atoms with Gasteiger partial charge in [-0.05, 0) is 24.1 Å². The van der Waals surface area contributed by atoms with E-state index in [9.17, 15) is 24.0 Å². The fourth-order valence-electron chi connectivity index (χ4n) is 2.48. The lowest BCUT2D eigenvalue weighted by Crippen LogP contribution is -2.43. The zero-order valence-electron chi connectivity index (χ0n) is 18.1. The average Bonchev–Trinajstić information content (AvgIpc) is 2.74. The molecule has 2 N–H and O–H groups in total. The van der Waals surface area contributed by atoms with E-state index in [0.717, 1.165) is 35.5 Å². The third-order valence-electron chi connectivity index (χ3n) is 4.12. The predicted molar refractivity (Wildman–Crippen MR) is 124 cm³/mol. The molecule has 0 saturated heterocycles. The third kappa shape index (κ3) is 11.6. The number of nitrogens with one attached hydrogen (secondary N) is 2. The summed E-state index contributed by atoms with van der Waals surface area (Å²) in [5, 5.41) is 5.11. The zero-order chi connectivity index (χ0) is 23.2. The molecule has 10 heteroatoms. The van der Waals surface area contributed by atoms with Gasteiger partial charge in [-0.1, -0.05) is 42.6 Å². The second kappa shape index (κ2) is 14.6. The molecular formula is C21H29N3O5S2. The maximum Gasteiger partial charge on any atom is 0.253 e. The lowest BCUT2D eigenvalue weighted by atomic mass is 10.1. The Morgan fingerprint density at radius 3 is 1.65 bits per heavy atom. The highest BCUT2D eigenvalue weighted by Crippen LogP contribution is 2.08. The second-order valence-corrected chi connectivity index (χ2v) is 8.91. The van der Waals surface area contributed by atoms with Crippen LogP contribution in [0.1, 0.15) is 36.7 Å². The molecule has 31 heavy (non-hydrogen) atoms. The maximum atomic E-state index is 12.9. The first kappa shape index (κ1) is 26.7. The number of carbonyl (C=O) groups excluding carboxylic acids is 5. The molecule has 0 unspecified atom stereocenters. The van der Waals surface area contributed by atoms with Crippen molar-refractivity contribution in [3.8, 4) is 0 Å². The average molecular weight is 468 g/mol. The molecule has 170 valence electrons. The van der Waals surface area contributed by atoms with Gasteiger partial charge in [-0.3, -0.25) is 24.0 Å². The van der Waals surface area contributed by atoms with E-state index in [1.54, 1.807) is 17.0 Å². The van der Waals surface area contributed by atoms with Crippen LogP contribution < -0.4 is 10.6 Å². The molecule has 0 aromatic heterocycles. The highest BCUT2D eigenvalue weighted by molar-refractivity contribution is 8.14. The first-order valence-electron chi connectivity index (χ1n) is 9.91. The van der Waals surface area contributed by atoms with Gasteiger partial charge >= 0.3 is 0 Å². The fourth-order valence-corrected chi connectivity index (χ4v) is 3.35. The number of amides is 3. The van der Waals surface area contributed by atoms with Crippen LogP contribution in [0.3, 0.4) is 0 Å². The number of nitrogens with zero attached hydrogens (tertiary/aromatic N) is 1. The van der Waals surface area contributed by atoms with Gasteiger partial charge < -0.3 is 15.5 Å². The Bertz CT molecular complexity index is 748. The minimum Gasteiger partial charge on any atom is -0.354 e. The highest BCUT2D eigenvalue weighted by Gasteiger charge is 2.16. The summed E-state index contributed by atoms with van der Waals surface area (Å²) in [6.07, 6.45) is 0.868. The van der Waals surface area contributed by atoms with E-state index in [-0.39, 0.29) is 65.6 Å². The number of benzene rings is 1. The minimum absolute atomic E-state index is 0.0334. The molecular weight excluding hydrogens is 438 g/mol. The molecule has 0 bridgehead atoms. The highest BCUT2D eigenvalue weighted by atomic mass is 32.2. The van der Waals surface area contributed by atoms with E-state index in [4.69, 9.17) is 0 Å². The Labute approximate surface area is 191 Å². The SMILES string of the molecule is CCc1ccc(C(=O)N(CCNC(=O)CSC(C)=O)CCNC(=O)CSC(C)=O)cc1. The van der Waals surface area contributed by atoms with Crippen LogP contribution >= 0.6 is 23.5 Å². The number of thioether (sulfide) groups is 2. The second-order valence-electron chi connectivity index (χ2n) is 6.60. The Hall–Kier alpha value is -2.33. The third-order valence-corrected chi connectivity index (χ3v) is 5.74. The van der Waals surface area contributed by atoms with Crippen molar-refractivity contribution in [2.24, 2.45) is 0 Å². The lowest BCUT2D eigenvalue weighted by molar-refractivity contribution is -0.119. The van der Waals surface area contributed by atoms with E-state index in [1.807, 2.05) is 19.1 Å². The standard InChI is InChI=1S/C21H29N3O5S2/c1-4-17-5-7-18(8-6-17)21(29)24(11-9-22-19(27)13-30-15(2)25)12-10-23-20(28)14-31-16(3)26/h5-8H,4,9-14H2,1-3H3,(H,22,27)(H,23,28). The van der Waals surface area contributed by atoms with Gasteiger partial charge in [-0.15, -0.1) is 0 Å². The molecule has 0 aliphatic heterocycles. The van der Waals surface area contributed by atoms with E-state index in [1.165, 1.54) is 13.8 Å². The summed E-state index contributed by atoms with van der Waals surface area (Å²) in [5.41, 5.74) is 1.64. The molecule has 1 aromatic rings. The molecule has 3 amide bonds. The molecule has 0 spiro atoms. The van der Waals surface area contributed by atoms with Crippen LogP contribution in [0, 0.1) is 0 Å². The van der Waals surface area contributed by atoms with Crippen molar-refractivity contribution in [1.29, 1.82) is 0 Å². The molecule has 0 heterocycles. The van der Waals surface area contributed by atoms with Crippen molar-refractivity contribution in [2.75, 3.05) is 37.7 Å². The summed E-state index contributed by atoms with van der Waals surface area (Å²) >= 11 is 1.85. The number of aryl methyl sites for hydroxylation is 1. The normalized spacial score (nSPS) is 10.3. The molecule has 0 aliphatic carbocycles. The maximum absolute atomic E-state index is 12.9. The van der Waals surface area contributed by atoms with Crippen LogP contribution in [0.5, 0.6) is 0 Å². The van der Waals surface area contributed by atoms with E-state index in [0.29, 0.717) is 5.56 Å². The van der Waals surface area contributed by atoms with Crippen molar-refractivity contribution < 1.29 is 24.0 Å². The van der Waals surface area contributed by atoms with E-state index >= 15 is 0 Å². The summed E-state index contributed by atoms with van der Waals surface area (Å²) < 4.78 is 0. The van der Waals surface area contributed by atoms with Crippen LogP contribution in [0.4, 0.5) is 0 Å². The first-order chi connectivity index (χ1) is 14.7. The Morgan fingerprint density at radius 1 is 0.806 bits per heavy atom. The molecule has 0 fully saturated rings. The van der Waals surface area contributed by atoms with Gasteiger partial charge in [-0.2, -0.15) is 0 Å². The summed E-state index contributed by atoms with van der Waals surface area (Å²) in [6.45, 7) is 5.78. The zero-order valence-corrected chi connectivity index (χ0v) is 19.7. The predicted octanol–water partition coefficient (Wildman–Crippen LogP) is 1.48. The Kier molecular flexibility index (Phi) is 12.6. The van der Waals surface area contributed by atoms with Crippen LogP contribution in [0.15, 0.2) is 24.3 Å². The lowest BCUT2D eigenvalue weighted by Gasteiger charge is -2.23. The quantitative estimate of drug-likeness (QED) is 0.479. The largest absolute Gasteiger partial charge is 0.354 e. The number of hydrogen-bond donors (Lipinski definition) is 2. The molecule has 8 nitrogen and oxygen atoms in total. The van der Waals surface area contributed by atoms with Crippen LogP contribution in [-0.2, 0) is 25.6 Å². The van der Waals surface area contributed by atoms with Crippen LogP contribution in [-0.4, -0.2) is 70.5 Å². The molecule has 0 atom stereocenters. The van der Waals surface area contributed by atoms with Gasteiger partial charge in [0.05, 0.1) is 11.5 Å². The molecule has 1 rings (SSSR count). The van der Waals surface area contributed by atoms with Crippen LogP contribution in [0.25, 0.3) is 0 Å². The number of rotatable bonds is 12. The topological polar surface area (TPSA) is 113 Å². The summed E-state index contributed by atoms with van der Waals surface area (Å²) in [7, 11) is 0. The summed E-state index contributed by atoms with van der Waals surface area (Å²) in [5.74, 6) is -0.705. The summed E-state index contributed by atoms with van der Waals surface area (Å²) in [4.78, 5) is 60.0. The van der Waals surface area contributed by atoms with E-state index < -0.39 is 0 Å².